The van der Waals surface area contributed by atoms with E-state index < -0.39 is 29.5 Å². The molecule has 0 saturated heterocycles. The van der Waals surface area contributed by atoms with Gasteiger partial charge in [0.1, 0.15) is 0 Å². The molecule has 4 rings (SSSR count). The van der Waals surface area contributed by atoms with Gasteiger partial charge in [0.15, 0.2) is 0 Å². The number of aliphatic hydroxyl groups excluding tert-OH is 4. The maximum atomic E-state index is 10.5. The molecular formula is C10H15O4Si4. The number of aliphatic hydroxyl groups is 4. The van der Waals surface area contributed by atoms with Crippen LogP contribution >= 0.6 is 0 Å². The molecular weight excluding hydrogens is 296 g/mol. The summed E-state index contributed by atoms with van der Waals surface area (Å²) >= 11 is 0. The SMILES string of the molecule is OC1C2CC3([Si][Si][Si][Si])C(O)C1CC(C2O)C3O. The molecule has 0 amide bonds. The Labute approximate surface area is 116 Å². The molecule has 0 aliphatic heterocycles. The number of hydrogen-bond acceptors (Lipinski definition) is 4. The van der Waals surface area contributed by atoms with E-state index in [1.54, 1.807) is 0 Å². The lowest BCUT2D eigenvalue weighted by molar-refractivity contribution is -0.240. The molecule has 4 aliphatic rings. The Hall–Kier alpha value is 0.708. The van der Waals surface area contributed by atoms with Gasteiger partial charge in [-0.25, -0.2) is 0 Å². The van der Waals surface area contributed by atoms with E-state index >= 15 is 0 Å². The monoisotopic (exact) mass is 311 g/mol. The quantitative estimate of drug-likeness (QED) is 0.427. The van der Waals surface area contributed by atoms with Crippen molar-refractivity contribution in [3.8, 4) is 0 Å². The molecule has 6 unspecified atom stereocenters. The minimum atomic E-state index is -0.614. The van der Waals surface area contributed by atoms with Gasteiger partial charge < -0.3 is 20.4 Å². The van der Waals surface area contributed by atoms with Crippen LogP contribution in [0.1, 0.15) is 12.8 Å². The Morgan fingerprint density at radius 3 is 2.00 bits per heavy atom. The molecule has 0 aromatic heterocycles. The molecule has 0 heterocycles. The Kier molecular flexibility index (Phi) is 3.51. The van der Waals surface area contributed by atoms with Crippen LogP contribution in [0.3, 0.4) is 0 Å². The lowest BCUT2D eigenvalue weighted by atomic mass is 9.50. The molecule has 4 nitrogen and oxygen atoms in total. The van der Waals surface area contributed by atoms with Crippen LogP contribution < -0.4 is 0 Å². The van der Waals surface area contributed by atoms with E-state index in [0.717, 1.165) is 0 Å². The van der Waals surface area contributed by atoms with Crippen LogP contribution in [0.4, 0.5) is 0 Å². The van der Waals surface area contributed by atoms with Crippen molar-refractivity contribution >= 4 is 35.9 Å². The van der Waals surface area contributed by atoms with Gasteiger partial charge in [-0.2, -0.15) is 0 Å². The molecule has 18 heavy (non-hydrogen) atoms. The number of hydrogen-bond donors (Lipinski definition) is 4. The van der Waals surface area contributed by atoms with Crippen molar-refractivity contribution in [2.24, 2.45) is 17.8 Å². The molecule has 8 heteroatoms. The molecule has 4 N–H and O–H groups in total. The Morgan fingerprint density at radius 1 is 0.944 bits per heavy atom. The molecule has 9 radical (unpaired) electrons. The van der Waals surface area contributed by atoms with Gasteiger partial charge in [0, 0.05) is 58.7 Å². The third kappa shape index (κ3) is 1.60. The summed E-state index contributed by atoms with van der Waals surface area (Å²) in [6.07, 6.45) is -1.33. The van der Waals surface area contributed by atoms with Gasteiger partial charge in [-0.3, -0.25) is 0 Å². The van der Waals surface area contributed by atoms with E-state index in [9.17, 15) is 20.4 Å². The summed E-state index contributed by atoms with van der Waals surface area (Å²) in [4.78, 5) is 0. The summed E-state index contributed by atoms with van der Waals surface area (Å²) in [7, 11) is 5.35. The van der Waals surface area contributed by atoms with E-state index in [2.05, 4.69) is 9.76 Å². The van der Waals surface area contributed by atoms with Crippen molar-refractivity contribution in [1.82, 2.24) is 0 Å². The standard InChI is InChI=1S/C10H15O4Si4/c11-6-3-1-4-7(12)5(6)2-10(8(3)13,9(4)14)16-18-17-15/h3-9,11-14H,1-2H2. The lowest BCUT2D eigenvalue weighted by Crippen LogP contribution is -2.71. The molecule has 4 aliphatic carbocycles. The second-order valence-corrected chi connectivity index (χ2v) is 14.1. The normalized spacial score (nSPS) is 58.2. The first-order valence-electron chi connectivity index (χ1n) is 6.19. The lowest BCUT2D eigenvalue weighted by Gasteiger charge is -2.65. The van der Waals surface area contributed by atoms with Crippen molar-refractivity contribution in [2.75, 3.05) is 0 Å². The summed E-state index contributed by atoms with van der Waals surface area (Å²) in [6, 6.07) is 0. The molecule has 4 saturated carbocycles. The summed E-state index contributed by atoms with van der Waals surface area (Å²) in [5.74, 6) is -0.470. The molecule has 95 valence electrons. The van der Waals surface area contributed by atoms with E-state index in [4.69, 9.17) is 0 Å². The molecule has 0 aromatic carbocycles. The van der Waals surface area contributed by atoms with Gasteiger partial charge in [-0.1, -0.05) is 0 Å². The smallest absolute Gasteiger partial charge is 0.0646 e. The fraction of sp³-hybridized carbons (Fsp3) is 1.00. The summed E-state index contributed by atoms with van der Waals surface area (Å²) in [6.45, 7) is 0. The second-order valence-electron chi connectivity index (χ2n) is 5.72. The molecule has 6 atom stereocenters. The molecule has 0 spiro atoms. The highest BCUT2D eigenvalue weighted by molar-refractivity contribution is 7.41. The highest BCUT2D eigenvalue weighted by Gasteiger charge is 2.67. The van der Waals surface area contributed by atoms with Gasteiger partial charge >= 0.3 is 0 Å². The number of rotatable bonds is 3. The highest BCUT2D eigenvalue weighted by atomic mass is 29.7. The Bertz CT molecular complexity index is 318. The molecule has 0 aromatic rings. The minimum absolute atomic E-state index is 0.157. The topological polar surface area (TPSA) is 80.9 Å². The largest absolute Gasteiger partial charge is 0.392 e. The zero-order valence-electron chi connectivity index (χ0n) is 9.74. The van der Waals surface area contributed by atoms with Crippen LogP contribution in [0.25, 0.3) is 0 Å². The van der Waals surface area contributed by atoms with Crippen molar-refractivity contribution in [1.29, 1.82) is 0 Å². The maximum Gasteiger partial charge on any atom is 0.0646 e. The zero-order valence-corrected chi connectivity index (χ0v) is 13.7. The predicted octanol–water partition coefficient (Wildman–Crippen LogP) is -2.72. The van der Waals surface area contributed by atoms with Gasteiger partial charge in [0.2, 0.25) is 0 Å². The van der Waals surface area contributed by atoms with Crippen molar-refractivity contribution in [3.05, 3.63) is 0 Å². The fourth-order valence-electron chi connectivity index (χ4n) is 4.22. The predicted molar refractivity (Wildman–Crippen MR) is 69.4 cm³/mol. The third-order valence-corrected chi connectivity index (χ3v) is 14.4. The van der Waals surface area contributed by atoms with E-state index in [1.807, 2.05) is 0 Å². The third-order valence-electron chi connectivity index (χ3n) is 5.10. The average molecular weight is 312 g/mol. The van der Waals surface area contributed by atoms with Crippen LogP contribution in [0.5, 0.6) is 0 Å². The summed E-state index contributed by atoms with van der Waals surface area (Å²) in [5.41, 5.74) is 0. The van der Waals surface area contributed by atoms with E-state index in [-0.39, 0.29) is 17.8 Å². The zero-order chi connectivity index (χ0) is 13.1. The summed E-state index contributed by atoms with van der Waals surface area (Å²) in [5, 5.41) is 41.0. The van der Waals surface area contributed by atoms with Crippen LogP contribution in [0, 0.1) is 17.8 Å². The van der Waals surface area contributed by atoms with Crippen molar-refractivity contribution in [2.45, 2.75) is 42.3 Å². The van der Waals surface area contributed by atoms with Gasteiger partial charge in [0.05, 0.1) is 24.4 Å². The Morgan fingerprint density at radius 2 is 1.50 bits per heavy atom. The first-order valence-corrected chi connectivity index (χ1v) is 12.7. The highest BCUT2D eigenvalue weighted by Crippen LogP contribution is 2.63. The van der Waals surface area contributed by atoms with E-state index in [0.29, 0.717) is 39.0 Å². The maximum absolute atomic E-state index is 10.5. The average Bonchev–Trinajstić information content (AvgIpc) is 2.35. The summed E-state index contributed by atoms with van der Waals surface area (Å²) < 4.78 is 0. The van der Waals surface area contributed by atoms with Crippen LogP contribution in [0.2, 0.25) is 5.04 Å². The van der Waals surface area contributed by atoms with Crippen molar-refractivity contribution in [3.63, 3.8) is 0 Å². The molecule has 4 fully saturated rings. The minimum Gasteiger partial charge on any atom is -0.392 e. The van der Waals surface area contributed by atoms with Gasteiger partial charge in [-0.05, 0) is 12.8 Å². The van der Waals surface area contributed by atoms with Crippen LogP contribution in [-0.4, -0.2) is 80.7 Å². The Balaban J connectivity index is 1.94. The second kappa shape index (κ2) is 4.62. The van der Waals surface area contributed by atoms with Crippen molar-refractivity contribution < 1.29 is 20.4 Å². The van der Waals surface area contributed by atoms with E-state index in [1.165, 1.54) is 0 Å². The fourth-order valence-corrected chi connectivity index (χ4v) is 12.0. The van der Waals surface area contributed by atoms with Crippen LogP contribution in [-0.2, 0) is 0 Å². The van der Waals surface area contributed by atoms with Gasteiger partial charge in [0.25, 0.3) is 0 Å². The van der Waals surface area contributed by atoms with Gasteiger partial charge in [-0.15, -0.1) is 0 Å². The first-order chi connectivity index (χ1) is 8.53. The molecule has 4 bridgehead atoms. The first kappa shape index (κ1) is 13.7. The van der Waals surface area contributed by atoms with Crippen LogP contribution in [0.15, 0.2) is 0 Å².